The molecule has 21 heavy (non-hydrogen) atoms. The van der Waals surface area contributed by atoms with Gasteiger partial charge in [-0.3, -0.25) is 4.79 Å². The summed E-state index contributed by atoms with van der Waals surface area (Å²) in [5.74, 6) is 0.643. The van der Waals surface area contributed by atoms with Crippen molar-refractivity contribution in [3.8, 4) is 5.75 Å². The van der Waals surface area contributed by atoms with E-state index < -0.39 is 6.04 Å². The molecule has 1 aromatic carbocycles. The van der Waals surface area contributed by atoms with Crippen LogP contribution in [0, 0.1) is 5.92 Å². The van der Waals surface area contributed by atoms with Gasteiger partial charge in [-0.05, 0) is 36.5 Å². The van der Waals surface area contributed by atoms with Gasteiger partial charge in [-0.25, -0.2) is 0 Å². The van der Waals surface area contributed by atoms with E-state index in [1.165, 1.54) is 0 Å². The first-order valence-corrected chi connectivity index (χ1v) is 7.38. The Morgan fingerprint density at radius 2 is 1.95 bits per heavy atom. The first-order valence-electron chi connectivity index (χ1n) is 7.38. The molecule has 0 spiro atoms. The number of rotatable bonds is 9. The fraction of sp³-hybridized carbons (Fsp3) is 0.562. The highest BCUT2D eigenvalue weighted by molar-refractivity contribution is 5.81. The van der Waals surface area contributed by atoms with Crippen molar-refractivity contribution in [2.24, 2.45) is 11.7 Å². The summed E-state index contributed by atoms with van der Waals surface area (Å²) in [5.41, 5.74) is 6.77. The molecule has 0 aliphatic rings. The maximum absolute atomic E-state index is 11.8. The summed E-state index contributed by atoms with van der Waals surface area (Å²) in [5, 5.41) is 12.0. The Hall–Kier alpha value is -1.59. The third-order valence-corrected chi connectivity index (χ3v) is 3.11. The van der Waals surface area contributed by atoms with E-state index in [1.54, 1.807) is 24.3 Å². The second-order valence-corrected chi connectivity index (χ2v) is 5.56. The van der Waals surface area contributed by atoms with E-state index in [1.807, 2.05) is 0 Å². The zero-order valence-electron chi connectivity index (χ0n) is 12.8. The Bertz CT molecular complexity index is 418. The highest BCUT2D eigenvalue weighted by atomic mass is 16.5. The number of carbonyl (C=O) groups is 1. The van der Waals surface area contributed by atoms with Gasteiger partial charge in [0.2, 0.25) is 5.91 Å². The second-order valence-electron chi connectivity index (χ2n) is 5.56. The quantitative estimate of drug-likeness (QED) is 0.602. The standard InChI is InChI=1S/C16H26N2O3/c1-12(2)7-9-21-10-8-18-16(20)15(17)11-13-3-5-14(19)6-4-13/h3-6,12,15,19H,7-11,17H2,1-2H3,(H,18,20)/t15-/m1/s1. The van der Waals surface area contributed by atoms with Crippen LogP contribution in [0.3, 0.4) is 0 Å². The summed E-state index contributed by atoms with van der Waals surface area (Å²) in [6.07, 6.45) is 1.47. The third kappa shape index (κ3) is 7.68. The van der Waals surface area contributed by atoms with E-state index in [0.29, 0.717) is 32.1 Å². The van der Waals surface area contributed by atoms with Crippen LogP contribution in [0.4, 0.5) is 0 Å². The van der Waals surface area contributed by atoms with Gasteiger partial charge in [0.05, 0.1) is 12.6 Å². The number of amides is 1. The van der Waals surface area contributed by atoms with Crippen molar-refractivity contribution in [3.05, 3.63) is 29.8 Å². The van der Waals surface area contributed by atoms with E-state index in [2.05, 4.69) is 19.2 Å². The number of ether oxygens (including phenoxy) is 1. The maximum atomic E-state index is 11.8. The van der Waals surface area contributed by atoms with Crippen LogP contribution < -0.4 is 11.1 Å². The van der Waals surface area contributed by atoms with Crippen molar-refractivity contribution in [3.63, 3.8) is 0 Å². The van der Waals surface area contributed by atoms with Gasteiger partial charge in [0.1, 0.15) is 5.75 Å². The van der Waals surface area contributed by atoms with Gasteiger partial charge in [-0.1, -0.05) is 26.0 Å². The molecule has 5 heteroatoms. The van der Waals surface area contributed by atoms with Crippen LogP contribution in [0.15, 0.2) is 24.3 Å². The van der Waals surface area contributed by atoms with E-state index in [-0.39, 0.29) is 11.7 Å². The fourth-order valence-corrected chi connectivity index (χ4v) is 1.78. The summed E-state index contributed by atoms with van der Waals surface area (Å²) in [6, 6.07) is 6.10. The van der Waals surface area contributed by atoms with Gasteiger partial charge in [0.15, 0.2) is 0 Å². The van der Waals surface area contributed by atoms with Gasteiger partial charge < -0.3 is 20.9 Å². The highest BCUT2D eigenvalue weighted by Crippen LogP contribution is 2.10. The highest BCUT2D eigenvalue weighted by Gasteiger charge is 2.13. The summed E-state index contributed by atoms with van der Waals surface area (Å²) >= 11 is 0. The number of phenols is 1. The number of phenolic OH excluding ortho intramolecular Hbond substituents is 1. The summed E-state index contributed by atoms with van der Waals surface area (Å²) in [6.45, 7) is 5.98. The molecule has 0 aliphatic carbocycles. The number of carbonyl (C=O) groups excluding carboxylic acids is 1. The molecule has 1 aromatic rings. The fourth-order valence-electron chi connectivity index (χ4n) is 1.78. The minimum atomic E-state index is -0.592. The van der Waals surface area contributed by atoms with Crippen molar-refractivity contribution in [2.75, 3.05) is 19.8 Å². The van der Waals surface area contributed by atoms with Crippen LogP contribution >= 0.6 is 0 Å². The first kappa shape index (κ1) is 17.5. The molecule has 1 rings (SSSR count). The Morgan fingerprint density at radius 3 is 2.57 bits per heavy atom. The number of benzene rings is 1. The lowest BCUT2D eigenvalue weighted by Crippen LogP contribution is -2.43. The maximum Gasteiger partial charge on any atom is 0.237 e. The van der Waals surface area contributed by atoms with Gasteiger partial charge in [-0.2, -0.15) is 0 Å². The van der Waals surface area contributed by atoms with Crippen molar-refractivity contribution in [2.45, 2.75) is 32.7 Å². The van der Waals surface area contributed by atoms with E-state index in [4.69, 9.17) is 10.5 Å². The monoisotopic (exact) mass is 294 g/mol. The molecule has 0 saturated heterocycles. The minimum absolute atomic E-state index is 0.185. The molecule has 0 aliphatic heterocycles. The molecule has 118 valence electrons. The topological polar surface area (TPSA) is 84.6 Å². The Labute approximate surface area is 126 Å². The normalized spacial score (nSPS) is 12.4. The molecule has 0 fully saturated rings. The molecule has 1 amide bonds. The van der Waals surface area contributed by atoms with Crippen LogP contribution in [-0.2, 0) is 16.0 Å². The van der Waals surface area contributed by atoms with Gasteiger partial charge in [0, 0.05) is 13.2 Å². The smallest absolute Gasteiger partial charge is 0.237 e. The number of nitrogens with one attached hydrogen (secondary N) is 1. The number of hydrogen-bond donors (Lipinski definition) is 3. The lowest BCUT2D eigenvalue weighted by molar-refractivity contribution is -0.122. The second kappa shape index (κ2) is 9.37. The van der Waals surface area contributed by atoms with Crippen molar-refractivity contribution >= 4 is 5.91 Å². The van der Waals surface area contributed by atoms with Crippen molar-refractivity contribution in [1.82, 2.24) is 5.32 Å². The lowest BCUT2D eigenvalue weighted by Gasteiger charge is -2.13. The molecule has 0 saturated carbocycles. The van der Waals surface area contributed by atoms with Crippen LogP contribution in [0.25, 0.3) is 0 Å². The molecular formula is C16H26N2O3. The van der Waals surface area contributed by atoms with Crippen LogP contribution in [0.1, 0.15) is 25.8 Å². The average Bonchev–Trinajstić information content (AvgIpc) is 2.44. The van der Waals surface area contributed by atoms with Crippen LogP contribution in [0.5, 0.6) is 5.75 Å². The van der Waals surface area contributed by atoms with E-state index >= 15 is 0 Å². The molecule has 0 radical (unpaired) electrons. The predicted molar refractivity (Wildman–Crippen MR) is 83.1 cm³/mol. The van der Waals surface area contributed by atoms with Gasteiger partial charge in [0.25, 0.3) is 0 Å². The number of aromatic hydroxyl groups is 1. The predicted octanol–water partition coefficient (Wildman–Crippen LogP) is 1.44. The van der Waals surface area contributed by atoms with Crippen LogP contribution in [-0.4, -0.2) is 36.8 Å². The Morgan fingerprint density at radius 1 is 1.29 bits per heavy atom. The minimum Gasteiger partial charge on any atom is -0.508 e. The van der Waals surface area contributed by atoms with Crippen molar-refractivity contribution in [1.29, 1.82) is 0 Å². The average molecular weight is 294 g/mol. The molecular weight excluding hydrogens is 268 g/mol. The SMILES string of the molecule is CC(C)CCOCCNC(=O)[C@H](N)Cc1ccc(O)cc1. The third-order valence-electron chi connectivity index (χ3n) is 3.11. The molecule has 0 aromatic heterocycles. The van der Waals surface area contributed by atoms with Gasteiger partial charge >= 0.3 is 0 Å². The van der Waals surface area contributed by atoms with E-state index in [0.717, 1.165) is 12.0 Å². The van der Waals surface area contributed by atoms with E-state index in [9.17, 15) is 9.90 Å². The largest absolute Gasteiger partial charge is 0.508 e. The van der Waals surface area contributed by atoms with Crippen LogP contribution in [0.2, 0.25) is 0 Å². The molecule has 0 unspecified atom stereocenters. The summed E-state index contributed by atoms with van der Waals surface area (Å²) < 4.78 is 5.42. The molecule has 4 N–H and O–H groups in total. The summed E-state index contributed by atoms with van der Waals surface area (Å²) in [7, 11) is 0. The van der Waals surface area contributed by atoms with Gasteiger partial charge in [-0.15, -0.1) is 0 Å². The number of nitrogens with two attached hydrogens (primary N) is 1. The molecule has 1 atom stereocenters. The Balaban J connectivity index is 2.18. The number of hydrogen-bond acceptors (Lipinski definition) is 4. The zero-order chi connectivity index (χ0) is 15.7. The Kier molecular flexibility index (Phi) is 7.79. The van der Waals surface area contributed by atoms with Crippen molar-refractivity contribution < 1.29 is 14.6 Å². The zero-order valence-corrected chi connectivity index (χ0v) is 12.8. The summed E-state index contributed by atoms with van der Waals surface area (Å²) in [4.78, 5) is 11.8. The molecule has 5 nitrogen and oxygen atoms in total. The lowest BCUT2D eigenvalue weighted by atomic mass is 10.1. The molecule has 0 bridgehead atoms. The molecule has 0 heterocycles. The first-order chi connectivity index (χ1) is 9.99.